The second-order valence-electron chi connectivity index (χ2n) is 9.44. The van der Waals surface area contributed by atoms with Crippen LogP contribution in [-0.2, 0) is 32.1 Å². The molecule has 0 saturated carbocycles. The van der Waals surface area contributed by atoms with Crippen LogP contribution in [0, 0.1) is 12.3 Å². The van der Waals surface area contributed by atoms with Crippen LogP contribution in [0.2, 0.25) is 0 Å². The average molecular weight is 488 g/mol. The fourth-order valence-corrected chi connectivity index (χ4v) is 5.77. The largest absolute Gasteiger partial charge is 0.435 e. The molecule has 0 aliphatic carbocycles. The number of carbonyl (C=O) groups excluding carboxylic acids is 1. The lowest BCUT2D eigenvalue weighted by atomic mass is 9.91. The van der Waals surface area contributed by atoms with Crippen LogP contribution < -0.4 is 5.73 Å². The third-order valence-electron chi connectivity index (χ3n) is 6.16. The summed E-state index contributed by atoms with van der Waals surface area (Å²) in [6, 6.07) is 7.38. The molecule has 1 aromatic carbocycles. The van der Waals surface area contributed by atoms with Gasteiger partial charge in [0.2, 0.25) is 5.91 Å². The lowest BCUT2D eigenvalue weighted by molar-refractivity contribution is -0.141. The SMILES string of the molecule is Cc1cccc(S(=O)(=O)C2(C)CCOC(c3cc(C(F)(F)F)nn3CC(C)(C)C(N)=O)C2)c1. The molecule has 1 aliphatic heterocycles. The molecule has 11 heteroatoms. The number of aryl methyl sites for hydroxylation is 1. The maximum Gasteiger partial charge on any atom is 0.435 e. The van der Waals surface area contributed by atoms with E-state index in [2.05, 4.69) is 5.10 Å². The van der Waals surface area contributed by atoms with Gasteiger partial charge in [0.05, 0.1) is 27.3 Å². The number of amides is 1. The van der Waals surface area contributed by atoms with Crippen molar-refractivity contribution in [2.75, 3.05) is 6.61 Å². The average Bonchev–Trinajstić information content (AvgIpc) is 3.11. The zero-order chi connectivity index (χ0) is 24.8. The number of aromatic nitrogens is 2. The Balaban J connectivity index is 2.02. The minimum absolute atomic E-state index is 0.0396. The van der Waals surface area contributed by atoms with Crippen LogP contribution in [0.25, 0.3) is 0 Å². The molecule has 1 saturated heterocycles. The summed E-state index contributed by atoms with van der Waals surface area (Å²) in [7, 11) is -3.81. The molecule has 2 heterocycles. The van der Waals surface area contributed by atoms with Crippen molar-refractivity contribution in [1.82, 2.24) is 9.78 Å². The third-order valence-corrected chi connectivity index (χ3v) is 8.70. The highest BCUT2D eigenvalue weighted by molar-refractivity contribution is 7.92. The van der Waals surface area contributed by atoms with Gasteiger partial charge in [0.25, 0.3) is 0 Å². The van der Waals surface area contributed by atoms with E-state index in [1.807, 2.05) is 0 Å². The van der Waals surface area contributed by atoms with E-state index in [0.29, 0.717) is 0 Å². The molecule has 2 unspecified atom stereocenters. The number of carbonyl (C=O) groups is 1. The van der Waals surface area contributed by atoms with Crippen LogP contribution in [0.1, 0.15) is 56.7 Å². The van der Waals surface area contributed by atoms with Crippen LogP contribution >= 0.6 is 0 Å². The predicted octanol–water partition coefficient (Wildman–Crippen LogP) is 3.81. The number of sulfone groups is 1. The summed E-state index contributed by atoms with van der Waals surface area (Å²) in [6.07, 6.45) is -5.56. The number of rotatable bonds is 6. The second kappa shape index (κ2) is 8.43. The number of halogens is 3. The third kappa shape index (κ3) is 4.93. The monoisotopic (exact) mass is 487 g/mol. The fraction of sp³-hybridized carbons (Fsp3) is 0.545. The number of primary amides is 1. The summed E-state index contributed by atoms with van der Waals surface area (Å²) >= 11 is 0. The first-order valence-corrected chi connectivity index (χ1v) is 11.9. The Morgan fingerprint density at radius 3 is 2.55 bits per heavy atom. The molecule has 7 nitrogen and oxygen atoms in total. The maximum atomic E-state index is 13.5. The van der Waals surface area contributed by atoms with Crippen molar-refractivity contribution in [2.24, 2.45) is 11.1 Å². The van der Waals surface area contributed by atoms with Gasteiger partial charge in [-0.2, -0.15) is 18.3 Å². The van der Waals surface area contributed by atoms with Crippen molar-refractivity contribution < 1.29 is 31.1 Å². The lowest BCUT2D eigenvalue weighted by Gasteiger charge is -2.38. The van der Waals surface area contributed by atoms with Gasteiger partial charge in [0.1, 0.15) is 6.10 Å². The molecule has 1 aromatic heterocycles. The zero-order valence-electron chi connectivity index (χ0n) is 18.9. The first kappa shape index (κ1) is 25.2. The second-order valence-corrected chi connectivity index (χ2v) is 11.9. The summed E-state index contributed by atoms with van der Waals surface area (Å²) in [4.78, 5) is 11.9. The van der Waals surface area contributed by atoms with Crippen molar-refractivity contribution in [2.45, 2.75) is 69.0 Å². The smallest absolute Gasteiger partial charge is 0.372 e. The highest BCUT2D eigenvalue weighted by Crippen LogP contribution is 2.43. The van der Waals surface area contributed by atoms with Gasteiger partial charge in [-0.05, 0) is 64.3 Å². The number of ether oxygens (including phenoxy) is 1. The number of hydrogen-bond donors (Lipinski definition) is 1. The minimum Gasteiger partial charge on any atom is -0.372 e. The minimum atomic E-state index is -4.72. The number of nitrogens with zero attached hydrogens (tertiary/aromatic N) is 2. The molecule has 3 rings (SSSR count). The van der Waals surface area contributed by atoms with Gasteiger partial charge in [0.15, 0.2) is 15.5 Å². The standard InChI is InChI=1S/C22H28F3N3O4S/c1-14-6-5-7-15(10-14)33(30,31)21(4)8-9-32-17(12-21)16-11-18(22(23,24)25)27-28(16)13-20(2,3)19(26)29/h5-7,10-11,17H,8-9,12-13H2,1-4H3,(H2,26,29). The number of nitrogens with two attached hydrogens (primary N) is 1. The Morgan fingerprint density at radius 2 is 1.97 bits per heavy atom. The lowest BCUT2D eigenvalue weighted by Crippen LogP contribution is -2.43. The van der Waals surface area contributed by atoms with Gasteiger partial charge >= 0.3 is 6.18 Å². The van der Waals surface area contributed by atoms with E-state index in [1.165, 1.54) is 19.9 Å². The summed E-state index contributed by atoms with van der Waals surface area (Å²) in [5.74, 6) is -0.700. The van der Waals surface area contributed by atoms with E-state index < -0.39 is 43.9 Å². The van der Waals surface area contributed by atoms with Crippen LogP contribution in [0.3, 0.4) is 0 Å². The summed E-state index contributed by atoms with van der Waals surface area (Å²) in [5, 5.41) is 3.66. The zero-order valence-corrected chi connectivity index (χ0v) is 19.8. The van der Waals surface area contributed by atoms with Crippen LogP contribution in [-0.4, -0.2) is 35.5 Å². The Hall–Kier alpha value is -2.40. The molecule has 0 bridgehead atoms. The quantitative estimate of drug-likeness (QED) is 0.667. The fourth-order valence-electron chi connectivity index (χ4n) is 3.88. The molecular formula is C22H28F3N3O4S. The molecule has 0 spiro atoms. The van der Waals surface area contributed by atoms with Crippen LogP contribution in [0.4, 0.5) is 13.2 Å². The summed E-state index contributed by atoms with van der Waals surface area (Å²) < 4.78 is 72.8. The topological polar surface area (TPSA) is 104 Å². The predicted molar refractivity (Wildman–Crippen MR) is 115 cm³/mol. The summed E-state index contributed by atoms with van der Waals surface area (Å²) in [5.41, 5.74) is 3.91. The Kier molecular flexibility index (Phi) is 6.44. The highest BCUT2D eigenvalue weighted by Gasteiger charge is 2.47. The van der Waals surface area contributed by atoms with Gasteiger partial charge in [-0.25, -0.2) is 8.42 Å². The van der Waals surface area contributed by atoms with E-state index in [4.69, 9.17) is 10.5 Å². The molecular weight excluding hydrogens is 459 g/mol. The van der Waals surface area contributed by atoms with Gasteiger partial charge < -0.3 is 10.5 Å². The first-order chi connectivity index (χ1) is 15.1. The molecule has 1 aliphatic rings. The number of alkyl halides is 3. The van der Waals surface area contributed by atoms with Crippen LogP contribution in [0.5, 0.6) is 0 Å². The van der Waals surface area contributed by atoms with Gasteiger partial charge in [-0.3, -0.25) is 9.48 Å². The molecule has 1 amide bonds. The molecule has 0 radical (unpaired) electrons. The number of hydrogen-bond acceptors (Lipinski definition) is 5. The van der Waals surface area contributed by atoms with Crippen molar-refractivity contribution in [3.8, 4) is 0 Å². The van der Waals surface area contributed by atoms with Crippen molar-refractivity contribution in [3.05, 3.63) is 47.3 Å². The van der Waals surface area contributed by atoms with Crippen molar-refractivity contribution in [1.29, 1.82) is 0 Å². The van der Waals surface area contributed by atoms with E-state index >= 15 is 0 Å². The first-order valence-electron chi connectivity index (χ1n) is 10.4. The van der Waals surface area contributed by atoms with E-state index in [-0.39, 0.29) is 36.6 Å². The molecule has 33 heavy (non-hydrogen) atoms. The molecule has 1 fully saturated rings. The molecule has 182 valence electrons. The Labute approximate surface area is 191 Å². The maximum absolute atomic E-state index is 13.5. The van der Waals surface area contributed by atoms with Gasteiger partial charge in [0, 0.05) is 6.61 Å². The van der Waals surface area contributed by atoms with Crippen molar-refractivity contribution in [3.63, 3.8) is 0 Å². The van der Waals surface area contributed by atoms with Crippen molar-refractivity contribution >= 4 is 15.7 Å². The Morgan fingerprint density at radius 1 is 1.30 bits per heavy atom. The highest BCUT2D eigenvalue weighted by atomic mass is 32.2. The molecule has 2 atom stereocenters. The van der Waals surface area contributed by atoms with Gasteiger partial charge in [-0.15, -0.1) is 0 Å². The van der Waals surface area contributed by atoms with Crippen LogP contribution in [0.15, 0.2) is 35.2 Å². The van der Waals surface area contributed by atoms with E-state index in [1.54, 1.807) is 32.0 Å². The molecule has 2 N–H and O–H groups in total. The number of benzene rings is 1. The summed E-state index contributed by atoms with van der Waals surface area (Å²) in [6.45, 7) is 6.20. The molecule has 2 aromatic rings. The Bertz CT molecular complexity index is 1160. The van der Waals surface area contributed by atoms with E-state index in [9.17, 15) is 26.4 Å². The normalized spacial score (nSPS) is 22.3. The van der Waals surface area contributed by atoms with Gasteiger partial charge in [-0.1, -0.05) is 12.1 Å². The van der Waals surface area contributed by atoms with E-state index in [0.717, 1.165) is 16.3 Å².